The number of ether oxygens (including phenoxy) is 4. The molecule has 3 N–H and O–H groups in total. The van der Waals surface area contributed by atoms with Gasteiger partial charge in [-0.25, -0.2) is 9.13 Å². The van der Waals surface area contributed by atoms with Gasteiger partial charge in [-0.05, 0) is 37.5 Å². The highest BCUT2D eigenvalue weighted by Gasteiger charge is 2.30. The van der Waals surface area contributed by atoms with Crippen LogP contribution in [0.15, 0.2) is 0 Å². The number of hydrogen-bond acceptors (Lipinski definition) is 15. The van der Waals surface area contributed by atoms with Gasteiger partial charge in [0.15, 0.2) is 12.2 Å². The average molecular weight is 1380 g/mol. The molecule has 0 aromatic rings. The number of phosphoric ester groups is 2. The third-order valence-corrected chi connectivity index (χ3v) is 19.7. The summed E-state index contributed by atoms with van der Waals surface area (Å²) in [4.78, 5) is 72.7. The van der Waals surface area contributed by atoms with Crippen LogP contribution in [-0.4, -0.2) is 96.7 Å². The van der Waals surface area contributed by atoms with Crippen molar-refractivity contribution in [2.45, 2.75) is 407 Å². The van der Waals surface area contributed by atoms with E-state index >= 15 is 0 Å². The van der Waals surface area contributed by atoms with Gasteiger partial charge in [-0.1, -0.05) is 337 Å². The van der Waals surface area contributed by atoms with Gasteiger partial charge in [-0.15, -0.1) is 0 Å². The van der Waals surface area contributed by atoms with Gasteiger partial charge in [0.1, 0.15) is 19.3 Å². The van der Waals surface area contributed by atoms with Crippen molar-refractivity contribution in [2.24, 2.45) is 11.8 Å². The summed E-state index contributed by atoms with van der Waals surface area (Å²) in [7, 11) is -9.91. The molecule has 0 amide bonds. The Bertz CT molecular complexity index is 1820. The summed E-state index contributed by atoms with van der Waals surface area (Å²) in [5, 5.41) is 10.6. The second kappa shape index (κ2) is 66.9. The van der Waals surface area contributed by atoms with Crippen molar-refractivity contribution in [3.63, 3.8) is 0 Å². The Hall–Kier alpha value is -1.94. The zero-order chi connectivity index (χ0) is 69.3. The predicted octanol–water partition coefficient (Wildman–Crippen LogP) is 21.9. The molecule has 0 fully saturated rings. The zero-order valence-electron chi connectivity index (χ0n) is 61.3. The summed E-state index contributed by atoms with van der Waals surface area (Å²) in [5.41, 5.74) is 0. The van der Waals surface area contributed by atoms with Crippen LogP contribution in [0.5, 0.6) is 0 Å². The minimum Gasteiger partial charge on any atom is -0.462 e. The number of aliphatic hydroxyl groups is 1. The van der Waals surface area contributed by atoms with Crippen molar-refractivity contribution in [1.29, 1.82) is 0 Å². The lowest BCUT2D eigenvalue weighted by Gasteiger charge is -2.21. The number of hydrogen-bond donors (Lipinski definition) is 3. The summed E-state index contributed by atoms with van der Waals surface area (Å²) in [6.07, 6.45) is 54.3. The Morgan fingerprint density at radius 3 is 0.809 bits per heavy atom. The first-order chi connectivity index (χ1) is 45.4. The quantitative estimate of drug-likeness (QED) is 0.0222. The Morgan fingerprint density at radius 2 is 0.543 bits per heavy atom. The van der Waals surface area contributed by atoms with E-state index in [9.17, 15) is 43.2 Å². The molecule has 0 aliphatic heterocycles. The van der Waals surface area contributed by atoms with Crippen LogP contribution in [-0.2, 0) is 65.4 Å². The molecule has 3 unspecified atom stereocenters. The van der Waals surface area contributed by atoms with Gasteiger partial charge >= 0.3 is 39.5 Å². The highest BCUT2D eigenvalue weighted by molar-refractivity contribution is 7.47. The maximum Gasteiger partial charge on any atom is 0.472 e. The van der Waals surface area contributed by atoms with Gasteiger partial charge in [0.05, 0.1) is 26.4 Å². The van der Waals surface area contributed by atoms with Crippen LogP contribution in [0.2, 0.25) is 0 Å². The van der Waals surface area contributed by atoms with Gasteiger partial charge in [-0.2, -0.15) is 0 Å². The number of aliphatic hydroxyl groups excluding tert-OH is 1. The van der Waals surface area contributed by atoms with E-state index in [4.69, 9.17) is 37.0 Å². The number of carbonyl (C=O) groups excluding carboxylic acids is 4. The van der Waals surface area contributed by atoms with Crippen molar-refractivity contribution in [3.8, 4) is 0 Å². The topological polar surface area (TPSA) is 237 Å². The van der Waals surface area contributed by atoms with E-state index in [1.807, 2.05) is 0 Å². The van der Waals surface area contributed by atoms with Crippen molar-refractivity contribution < 1.29 is 80.2 Å². The Labute approximate surface area is 575 Å². The van der Waals surface area contributed by atoms with Crippen molar-refractivity contribution in [2.75, 3.05) is 39.6 Å². The van der Waals surface area contributed by atoms with E-state index in [2.05, 4.69) is 41.5 Å². The lowest BCUT2D eigenvalue weighted by atomic mass is 10.00. The Kier molecular flexibility index (Phi) is 65.5. The molecule has 0 rings (SSSR count). The summed E-state index contributed by atoms with van der Waals surface area (Å²) >= 11 is 0. The van der Waals surface area contributed by atoms with Crippen LogP contribution in [0.4, 0.5) is 0 Å². The molecule has 0 bridgehead atoms. The first-order valence-electron chi connectivity index (χ1n) is 39.0. The summed E-state index contributed by atoms with van der Waals surface area (Å²) in [6, 6.07) is 0. The van der Waals surface area contributed by atoms with E-state index in [0.29, 0.717) is 25.7 Å². The molecule has 19 heteroatoms. The lowest BCUT2D eigenvalue weighted by molar-refractivity contribution is -0.161. The van der Waals surface area contributed by atoms with Crippen LogP contribution in [0, 0.1) is 11.8 Å². The molecular weight excluding hydrogens is 1230 g/mol. The zero-order valence-corrected chi connectivity index (χ0v) is 63.1. The van der Waals surface area contributed by atoms with Crippen LogP contribution in [0.3, 0.4) is 0 Å². The van der Waals surface area contributed by atoms with Gasteiger partial charge in [-0.3, -0.25) is 37.3 Å². The third-order valence-electron chi connectivity index (χ3n) is 17.8. The lowest BCUT2D eigenvalue weighted by Crippen LogP contribution is -2.30. The molecule has 0 aromatic carbocycles. The first-order valence-corrected chi connectivity index (χ1v) is 42.0. The van der Waals surface area contributed by atoms with Crippen molar-refractivity contribution in [3.05, 3.63) is 0 Å². The third kappa shape index (κ3) is 67.3. The number of phosphoric acid groups is 2. The second-order valence-corrected chi connectivity index (χ2v) is 30.7. The number of unbranched alkanes of at least 4 members (excludes halogenated alkanes) is 43. The van der Waals surface area contributed by atoms with Crippen LogP contribution >= 0.6 is 15.6 Å². The van der Waals surface area contributed by atoms with Gasteiger partial charge < -0.3 is 33.8 Å². The fourth-order valence-corrected chi connectivity index (χ4v) is 13.0. The Balaban J connectivity index is 5.19. The molecule has 0 saturated heterocycles. The molecule has 0 spiro atoms. The number of carbonyl (C=O) groups is 4. The minimum absolute atomic E-state index is 0.104. The van der Waals surface area contributed by atoms with Crippen LogP contribution in [0.1, 0.15) is 388 Å². The number of rotatable bonds is 74. The maximum absolute atomic E-state index is 13.1. The van der Waals surface area contributed by atoms with Gasteiger partial charge in [0.2, 0.25) is 0 Å². The van der Waals surface area contributed by atoms with E-state index in [0.717, 1.165) is 108 Å². The smallest absolute Gasteiger partial charge is 0.462 e. The van der Waals surface area contributed by atoms with E-state index in [1.54, 1.807) is 0 Å². The molecule has 17 nitrogen and oxygen atoms in total. The number of esters is 4. The monoisotopic (exact) mass is 1380 g/mol. The highest BCUT2D eigenvalue weighted by Crippen LogP contribution is 2.45. The van der Waals surface area contributed by atoms with Crippen LogP contribution < -0.4 is 0 Å². The fraction of sp³-hybridized carbons (Fsp3) is 0.947. The standard InChI is InChI=1S/C75H146O17P2/c1-7-10-12-14-16-18-20-22-23-24-25-26-27-28-29-30-32-34-39-47-53-59-74(79)91-70(63-85-72(77)57-51-45-38-33-31-21-19-17-15-13-11-8-2)65-89-93(81,82)87-61-69(76)62-88-94(83,84)90-66-71(64-86-73(78)58-52-46-42-41-44-50-56-68(6)9-3)92-75(80)60-54-48-40-36-35-37-43-49-55-67(4)5/h67-71,76H,7-66H2,1-6H3,(H,81,82)(H,83,84)/t68?,69-,70-,71-/m1/s1. The SMILES string of the molecule is CCCCCCCCCCCCCCCCCCCCCCCC(=O)O[C@H](COC(=O)CCCCCCCCCCCCCC)COP(=O)(O)OC[C@@H](O)COP(=O)(O)OC[C@@H](COC(=O)CCCCCCCCC(C)CC)OC(=O)CCCCCCCCCCC(C)C. The van der Waals surface area contributed by atoms with E-state index in [-0.39, 0.29) is 25.7 Å². The Morgan fingerprint density at radius 1 is 0.309 bits per heavy atom. The molecular formula is C75H146O17P2. The predicted molar refractivity (Wildman–Crippen MR) is 381 cm³/mol. The molecule has 0 aliphatic rings. The summed E-state index contributed by atoms with van der Waals surface area (Å²) < 4.78 is 68.4. The van der Waals surface area contributed by atoms with Crippen molar-refractivity contribution in [1.82, 2.24) is 0 Å². The molecule has 0 aromatic heterocycles. The minimum atomic E-state index is -4.96. The molecule has 6 atom stereocenters. The molecule has 0 radical (unpaired) electrons. The largest absolute Gasteiger partial charge is 0.472 e. The van der Waals surface area contributed by atoms with E-state index < -0.39 is 97.5 Å². The normalized spacial score (nSPS) is 14.3. The fourth-order valence-electron chi connectivity index (χ4n) is 11.4. The molecule has 558 valence electrons. The van der Waals surface area contributed by atoms with Gasteiger partial charge in [0.25, 0.3) is 0 Å². The molecule has 0 aliphatic carbocycles. The molecule has 0 saturated carbocycles. The molecule has 0 heterocycles. The van der Waals surface area contributed by atoms with E-state index in [1.165, 1.54) is 199 Å². The first kappa shape index (κ1) is 92.1. The van der Waals surface area contributed by atoms with Crippen molar-refractivity contribution >= 4 is 39.5 Å². The molecule has 94 heavy (non-hydrogen) atoms. The second-order valence-electron chi connectivity index (χ2n) is 27.8. The summed E-state index contributed by atoms with van der Waals surface area (Å²) in [6.45, 7) is 9.50. The average Bonchev–Trinajstić information content (AvgIpc) is 3.54. The summed E-state index contributed by atoms with van der Waals surface area (Å²) in [5.74, 6) is -0.672. The maximum atomic E-state index is 13.1. The van der Waals surface area contributed by atoms with Crippen LogP contribution in [0.25, 0.3) is 0 Å². The van der Waals surface area contributed by atoms with Gasteiger partial charge in [0, 0.05) is 25.7 Å². The highest BCUT2D eigenvalue weighted by atomic mass is 31.2.